The molecule has 0 aromatic heterocycles. The molecule has 3 nitrogen and oxygen atoms in total. The van der Waals surface area contributed by atoms with Gasteiger partial charge in [0.1, 0.15) is 0 Å². The lowest BCUT2D eigenvalue weighted by Gasteiger charge is -2.27. The molecule has 2 N–H and O–H groups in total. The van der Waals surface area contributed by atoms with Crippen LogP contribution in [0, 0.1) is 5.92 Å². The maximum Gasteiger partial charge on any atom is 0.488 e. The van der Waals surface area contributed by atoms with Gasteiger partial charge in [-0.05, 0) is 36.2 Å². The number of hydrogen-bond donors (Lipinski definition) is 2. The summed E-state index contributed by atoms with van der Waals surface area (Å²) in [4.78, 5) is 2.50. The maximum atomic E-state index is 9.35. The summed E-state index contributed by atoms with van der Waals surface area (Å²) < 4.78 is 0. The summed E-state index contributed by atoms with van der Waals surface area (Å²) in [5.74, 6) is 0.881. The molecule has 1 saturated heterocycles. The summed E-state index contributed by atoms with van der Waals surface area (Å²) in [6.45, 7) is 2.04. The molecule has 90 valence electrons. The van der Waals surface area contributed by atoms with Crippen LogP contribution in [0.15, 0.2) is 24.3 Å². The first kappa shape index (κ1) is 11.3. The quantitative estimate of drug-likeness (QED) is 0.738. The Morgan fingerprint density at radius 2 is 2.06 bits per heavy atom. The second kappa shape index (κ2) is 4.44. The average Bonchev–Trinajstić information content (AvgIpc) is 2.91. The Balaban J connectivity index is 1.77. The minimum Gasteiger partial charge on any atom is -0.423 e. The van der Waals surface area contributed by atoms with Gasteiger partial charge in [-0.25, -0.2) is 0 Å². The van der Waals surface area contributed by atoms with E-state index in [2.05, 4.69) is 4.90 Å². The lowest BCUT2D eigenvalue weighted by atomic mass is 9.77. The molecule has 0 radical (unpaired) electrons. The molecule has 1 aliphatic heterocycles. The lowest BCUT2D eigenvalue weighted by molar-refractivity contribution is 0.205. The molecule has 1 aliphatic carbocycles. The van der Waals surface area contributed by atoms with Crippen LogP contribution in [-0.4, -0.2) is 34.7 Å². The van der Waals surface area contributed by atoms with E-state index < -0.39 is 7.12 Å². The highest BCUT2D eigenvalue weighted by Crippen LogP contribution is 2.37. The van der Waals surface area contributed by atoms with Crippen molar-refractivity contribution in [2.24, 2.45) is 5.92 Å². The van der Waals surface area contributed by atoms with Crippen LogP contribution in [0.3, 0.4) is 0 Å². The van der Waals surface area contributed by atoms with Crippen molar-refractivity contribution < 1.29 is 10.0 Å². The molecular formula is C13H18BNO2. The Kier molecular flexibility index (Phi) is 2.95. The zero-order valence-corrected chi connectivity index (χ0v) is 9.92. The number of benzene rings is 1. The third-order valence-electron chi connectivity index (χ3n) is 4.23. The number of rotatable bonds is 3. The highest BCUT2D eigenvalue weighted by atomic mass is 16.4. The Labute approximate surface area is 102 Å². The van der Waals surface area contributed by atoms with Crippen molar-refractivity contribution in [3.63, 3.8) is 0 Å². The number of likely N-dealkylation sites (tertiary alicyclic amines) is 1. The SMILES string of the molecule is OB(O)c1ccccc1CN1CC2CCC1C2. The van der Waals surface area contributed by atoms with Crippen molar-refractivity contribution in [1.29, 1.82) is 0 Å². The molecule has 2 unspecified atom stereocenters. The Morgan fingerprint density at radius 1 is 1.24 bits per heavy atom. The smallest absolute Gasteiger partial charge is 0.423 e. The Bertz CT molecular complexity index is 410. The summed E-state index contributed by atoms with van der Waals surface area (Å²) in [6, 6.07) is 8.35. The maximum absolute atomic E-state index is 9.35. The first-order valence-corrected chi connectivity index (χ1v) is 6.42. The van der Waals surface area contributed by atoms with Crippen molar-refractivity contribution in [3.05, 3.63) is 29.8 Å². The summed E-state index contributed by atoms with van der Waals surface area (Å²) in [6.07, 6.45) is 4.03. The summed E-state index contributed by atoms with van der Waals surface area (Å²) in [7, 11) is -1.36. The van der Waals surface area contributed by atoms with Gasteiger partial charge in [0, 0.05) is 19.1 Å². The van der Waals surface area contributed by atoms with E-state index in [0.717, 1.165) is 24.1 Å². The van der Waals surface area contributed by atoms with Gasteiger partial charge in [-0.1, -0.05) is 24.3 Å². The predicted molar refractivity (Wildman–Crippen MR) is 67.8 cm³/mol. The fourth-order valence-corrected chi connectivity index (χ4v) is 3.37. The number of hydrogen-bond acceptors (Lipinski definition) is 3. The van der Waals surface area contributed by atoms with Gasteiger partial charge in [0.05, 0.1) is 0 Å². The van der Waals surface area contributed by atoms with Gasteiger partial charge < -0.3 is 10.0 Å². The minimum atomic E-state index is -1.36. The van der Waals surface area contributed by atoms with Gasteiger partial charge in [-0.2, -0.15) is 0 Å². The molecule has 1 aromatic rings. The van der Waals surface area contributed by atoms with E-state index in [0.29, 0.717) is 5.46 Å². The molecule has 1 saturated carbocycles. The van der Waals surface area contributed by atoms with E-state index in [9.17, 15) is 10.0 Å². The fourth-order valence-electron chi connectivity index (χ4n) is 3.37. The monoisotopic (exact) mass is 231 g/mol. The highest BCUT2D eigenvalue weighted by Gasteiger charge is 2.37. The van der Waals surface area contributed by atoms with Gasteiger partial charge in [-0.3, -0.25) is 4.90 Å². The lowest BCUT2D eigenvalue weighted by Crippen LogP contribution is -2.38. The minimum absolute atomic E-state index is 0.648. The molecular weight excluding hydrogens is 213 g/mol. The van der Waals surface area contributed by atoms with Crippen LogP contribution in [0.4, 0.5) is 0 Å². The molecule has 17 heavy (non-hydrogen) atoms. The molecule has 3 rings (SSSR count). The number of fused-ring (bicyclic) bond motifs is 2. The third kappa shape index (κ3) is 2.13. The van der Waals surface area contributed by atoms with Crippen molar-refractivity contribution >= 4 is 12.6 Å². The Hall–Kier alpha value is -0.835. The highest BCUT2D eigenvalue weighted by molar-refractivity contribution is 6.59. The molecule has 0 spiro atoms. The van der Waals surface area contributed by atoms with Crippen molar-refractivity contribution in [3.8, 4) is 0 Å². The van der Waals surface area contributed by atoms with Gasteiger partial charge in [-0.15, -0.1) is 0 Å². The van der Waals surface area contributed by atoms with Crippen LogP contribution in [0.1, 0.15) is 24.8 Å². The molecule has 4 heteroatoms. The molecule has 2 aliphatic rings. The van der Waals surface area contributed by atoms with Crippen LogP contribution >= 0.6 is 0 Å². The first-order chi connectivity index (χ1) is 8.24. The van der Waals surface area contributed by atoms with E-state index in [1.807, 2.05) is 18.2 Å². The zero-order chi connectivity index (χ0) is 11.8. The summed E-state index contributed by atoms with van der Waals surface area (Å²) in [5, 5.41) is 18.7. The van der Waals surface area contributed by atoms with Gasteiger partial charge in [0.15, 0.2) is 0 Å². The molecule has 0 amide bonds. The second-order valence-electron chi connectivity index (χ2n) is 5.33. The number of nitrogens with zero attached hydrogens (tertiary/aromatic N) is 1. The topological polar surface area (TPSA) is 43.7 Å². The van der Waals surface area contributed by atoms with Crippen LogP contribution in [0.2, 0.25) is 0 Å². The van der Waals surface area contributed by atoms with Crippen LogP contribution in [0.5, 0.6) is 0 Å². The molecule has 2 bridgehead atoms. The summed E-state index contributed by atoms with van der Waals surface area (Å²) in [5.41, 5.74) is 1.70. The standard InChI is InChI=1S/C13H18BNO2/c16-14(17)13-4-2-1-3-11(13)9-15-8-10-5-6-12(15)7-10/h1-4,10,12,16-17H,5-9H2. The number of piperidine rings is 1. The molecule has 2 fully saturated rings. The van der Waals surface area contributed by atoms with Gasteiger partial charge in [0.2, 0.25) is 0 Å². The molecule has 1 heterocycles. The van der Waals surface area contributed by atoms with Gasteiger partial charge in [0.25, 0.3) is 0 Å². The predicted octanol–water partition coefficient (Wildman–Crippen LogP) is 0.351. The zero-order valence-electron chi connectivity index (χ0n) is 9.92. The largest absolute Gasteiger partial charge is 0.488 e. The second-order valence-corrected chi connectivity index (χ2v) is 5.33. The first-order valence-electron chi connectivity index (χ1n) is 6.42. The molecule has 2 atom stereocenters. The van der Waals surface area contributed by atoms with Crippen LogP contribution in [-0.2, 0) is 6.54 Å². The summed E-state index contributed by atoms with van der Waals surface area (Å²) >= 11 is 0. The van der Waals surface area contributed by atoms with Crippen molar-refractivity contribution in [1.82, 2.24) is 4.90 Å². The van der Waals surface area contributed by atoms with Gasteiger partial charge >= 0.3 is 7.12 Å². The van der Waals surface area contributed by atoms with E-state index in [1.54, 1.807) is 6.07 Å². The normalized spacial score (nSPS) is 27.6. The Morgan fingerprint density at radius 3 is 2.71 bits per heavy atom. The molecule has 1 aromatic carbocycles. The van der Waals surface area contributed by atoms with E-state index in [-0.39, 0.29) is 0 Å². The third-order valence-corrected chi connectivity index (χ3v) is 4.23. The van der Waals surface area contributed by atoms with E-state index in [1.165, 1.54) is 25.8 Å². The van der Waals surface area contributed by atoms with Crippen LogP contribution in [0.25, 0.3) is 0 Å². The average molecular weight is 231 g/mol. The van der Waals surface area contributed by atoms with Crippen LogP contribution < -0.4 is 5.46 Å². The van der Waals surface area contributed by atoms with Crippen molar-refractivity contribution in [2.45, 2.75) is 31.8 Å². The fraction of sp³-hybridized carbons (Fsp3) is 0.538. The van der Waals surface area contributed by atoms with Crippen molar-refractivity contribution in [2.75, 3.05) is 6.54 Å². The van der Waals surface area contributed by atoms with E-state index >= 15 is 0 Å². The van der Waals surface area contributed by atoms with E-state index in [4.69, 9.17) is 0 Å².